The summed E-state index contributed by atoms with van der Waals surface area (Å²) in [6, 6.07) is 16.5. The zero-order valence-electron chi connectivity index (χ0n) is 16.6. The fourth-order valence-corrected chi connectivity index (χ4v) is 4.02. The second-order valence-electron chi connectivity index (χ2n) is 6.44. The van der Waals surface area contributed by atoms with Crippen molar-refractivity contribution < 1.29 is 22.3 Å². The highest BCUT2D eigenvalue weighted by Gasteiger charge is 2.20. The largest absolute Gasteiger partial charge is 0.492 e. The molecule has 3 aromatic rings. The van der Waals surface area contributed by atoms with Crippen LogP contribution in [0.3, 0.4) is 0 Å². The van der Waals surface area contributed by atoms with Gasteiger partial charge in [0.25, 0.3) is 5.91 Å². The Morgan fingerprint density at radius 1 is 1.06 bits per heavy atom. The summed E-state index contributed by atoms with van der Waals surface area (Å²) in [4.78, 5) is 12.4. The lowest BCUT2D eigenvalue weighted by molar-refractivity contribution is 0.102. The van der Waals surface area contributed by atoms with Crippen LogP contribution in [0.2, 0.25) is 5.02 Å². The number of rotatable bonds is 8. The third kappa shape index (κ3) is 5.61. The van der Waals surface area contributed by atoms with E-state index in [1.807, 2.05) is 0 Å². The Hall–Kier alpha value is -2.94. The number of benzene rings is 3. The quantitative estimate of drug-likeness (QED) is 0.512. The van der Waals surface area contributed by atoms with Gasteiger partial charge in [-0.05, 0) is 48.9 Å². The summed E-state index contributed by atoms with van der Waals surface area (Å²) in [5, 5.41) is 2.97. The molecule has 0 heterocycles. The Kier molecular flexibility index (Phi) is 7.27. The SMILES string of the molecule is CCOc1ccccc1NC(=O)c1cc(S(=O)(=O)NCc2ccccc2Cl)ccc1F. The molecule has 0 aromatic heterocycles. The van der Waals surface area contributed by atoms with Crippen LogP contribution >= 0.6 is 11.6 Å². The third-order valence-corrected chi connectivity index (χ3v) is 6.11. The van der Waals surface area contributed by atoms with E-state index in [0.29, 0.717) is 28.6 Å². The average Bonchev–Trinajstić information content (AvgIpc) is 2.75. The predicted molar refractivity (Wildman–Crippen MR) is 117 cm³/mol. The highest BCUT2D eigenvalue weighted by atomic mass is 35.5. The van der Waals surface area contributed by atoms with Gasteiger partial charge in [-0.3, -0.25) is 4.79 Å². The summed E-state index contributed by atoms with van der Waals surface area (Å²) in [6.07, 6.45) is 0. The van der Waals surface area contributed by atoms with Crippen molar-refractivity contribution in [2.24, 2.45) is 0 Å². The number of carbonyl (C=O) groups excluding carboxylic acids is 1. The minimum atomic E-state index is -4.02. The molecule has 2 N–H and O–H groups in total. The van der Waals surface area contributed by atoms with Gasteiger partial charge in [-0.15, -0.1) is 0 Å². The Balaban J connectivity index is 1.82. The van der Waals surface area contributed by atoms with Gasteiger partial charge in [0.2, 0.25) is 10.0 Å². The van der Waals surface area contributed by atoms with E-state index < -0.39 is 27.3 Å². The smallest absolute Gasteiger partial charge is 0.258 e. The van der Waals surface area contributed by atoms with E-state index in [9.17, 15) is 17.6 Å². The molecule has 0 fully saturated rings. The van der Waals surface area contributed by atoms with E-state index in [1.165, 1.54) is 0 Å². The number of anilines is 1. The molecule has 3 rings (SSSR count). The summed E-state index contributed by atoms with van der Waals surface area (Å²) < 4.78 is 47.5. The fraction of sp³-hybridized carbons (Fsp3) is 0.136. The lowest BCUT2D eigenvalue weighted by atomic mass is 10.2. The van der Waals surface area contributed by atoms with Gasteiger partial charge in [-0.1, -0.05) is 41.9 Å². The van der Waals surface area contributed by atoms with E-state index in [2.05, 4.69) is 10.0 Å². The molecule has 162 valence electrons. The van der Waals surface area contributed by atoms with Crippen LogP contribution in [0.1, 0.15) is 22.8 Å². The van der Waals surface area contributed by atoms with E-state index >= 15 is 0 Å². The van der Waals surface area contributed by atoms with Crippen molar-refractivity contribution in [1.29, 1.82) is 0 Å². The van der Waals surface area contributed by atoms with Crippen molar-refractivity contribution in [2.75, 3.05) is 11.9 Å². The molecule has 0 bridgehead atoms. The second kappa shape index (κ2) is 9.91. The molecular formula is C22H20ClFN2O4S. The zero-order chi connectivity index (χ0) is 22.4. The van der Waals surface area contributed by atoms with Gasteiger partial charge in [-0.2, -0.15) is 0 Å². The van der Waals surface area contributed by atoms with Gasteiger partial charge >= 0.3 is 0 Å². The Morgan fingerprint density at radius 2 is 1.77 bits per heavy atom. The van der Waals surface area contributed by atoms with Crippen LogP contribution in [0.5, 0.6) is 5.75 Å². The van der Waals surface area contributed by atoms with E-state index in [0.717, 1.165) is 18.2 Å². The third-order valence-electron chi connectivity index (χ3n) is 4.34. The molecule has 0 aliphatic rings. The van der Waals surface area contributed by atoms with E-state index in [-0.39, 0.29) is 11.4 Å². The number of para-hydroxylation sites is 2. The summed E-state index contributed by atoms with van der Waals surface area (Å²) in [5.74, 6) is -1.23. The summed E-state index contributed by atoms with van der Waals surface area (Å²) >= 11 is 6.05. The maximum Gasteiger partial charge on any atom is 0.258 e. The standard InChI is InChI=1S/C22H20ClFN2O4S/c1-2-30-21-10-6-5-9-20(21)26-22(27)17-13-16(11-12-19(17)24)31(28,29)25-14-15-7-3-4-8-18(15)23/h3-13,25H,2,14H2,1H3,(H,26,27). The predicted octanol–water partition coefficient (Wildman–Crippen LogP) is 4.61. The van der Waals surface area contributed by atoms with Crippen molar-refractivity contribution in [2.45, 2.75) is 18.4 Å². The lowest BCUT2D eigenvalue weighted by Gasteiger charge is -2.13. The number of amides is 1. The Labute approximate surface area is 185 Å². The van der Waals surface area contributed by atoms with Crippen LogP contribution in [0, 0.1) is 5.82 Å². The van der Waals surface area contributed by atoms with Gasteiger partial charge in [-0.25, -0.2) is 17.5 Å². The van der Waals surface area contributed by atoms with E-state index in [1.54, 1.807) is 55.5 Å². The van der Waals surface area contributed by atoms with E-state index in [4.69, 9.17) is 16.3 Å². The van der Waals surface area contributed by atoms with Gasteiger partial charge in [0.05, 0.1) is 22.8 Å². The van der Waals surface area contributed by atoms with Crippen molar-refractivity contribution in [3.63, 3.8) is 0 Å². The second-order valence-corrected chi connectivity index (χ2v) is 8.62. The molecule has 0 radical (unpaired) electrons. The number of sulfonamides is 1. The first-order valence-corrected chi connectivity index (χ1v) is 11.2. The normalized spacial score (nSPS) is 11.2. The number of ether oxygens (including phenoxy) is 1. The first kappa shape index (κ1) is 22.7. The molecule has 6 nitrogen and oxygen atoms in total. The topological polar surface area (TPSA) is 84.5 Å². The molecule has 0 aliphatic heterocycles. The molecule has 1 amide bonds. The highest BCUT2D eigenvalue weighted by Crippen LogP contribution is 2.25. The molecule has 31 heavy (non-hydrogen) atoms. The van der Waals surface area contributed by atoms with Crippen LogP contribution in [0.25, 0.3) is 0 Å². The number of carbonyl (C=O) groups is 1. The monoisotopic (exact) mass is 462 g/mol. The molecule has 0 saturated heterocycles. The maximum absolute atomic E-state index is 14.3. The molecule has 0 aliphatic carbocycles. The molecule has 0 atom stereocenters. The van der Waals surface area contributed by atoms with Crippen LogP contribution in [-0.2, 0) is 16.6 Å². The van der Waals surface area contributed by atoms with Gasteiger partial charge in [0.15, 0.2) is 0 Å². The number of hydrogen-bond donors (Lipinski definition) is 2. The fourth-order valence-electron chi connectivity index (χ4n) is 2.78. The van der Waals surface area contributed by atoms with Crippen LogP contribution < -0.4 is 14.8 Å². The van der Waals surface area contributed by atoms with Gasteiger partial charge in [0, 0.05) is 11.6 Å². The molecule has 9 heteroatoms. The van der Waals surface area contributed by atoms with Crippen molar-refractivity contribution in [1.82, 2.24) is 4.72 Å². The highest BCUT2D eigenvalue weighted by molar-refractivity contribution is 7.89. The first-order valence-electron chi connectivity index (χ1n) is 9.37. The summed E-state index contributed by atoms with van der Waals surface area (Å²) in [5.41, 5.74) is 0.520. The zero-order valence-corrected chi connectivity index (χ0v) is 18.1. The summed E-state index contributed by atoms with van der Waals surface area (Å²) in [7, 11) is -4.02. The van der Waals surface area contributed by atoms with Crippen molar-refractivity contribution >= 4 is 33.2 Å². The van der Waals surface area contributed by atoms with Crippen molar-refractivity contribution in [3.05, 3.63) is 88.7 Å². The first-order chi connectivity index (χ1) is 14.8. The molecule has 3 aromatic carbocycles. The lowest BCUT2D eigenvalue weighted by Crippen LogP contribution is -2.24. The molecule has 0 spiro atoms. The number of halogens is 2. The Morgan fingerprint density at radius 3 is 2.52 bits per heavy atom. The van der Waals surface area contributed by atoms with Crippen LogP contribution in [0.15, 0.2) is 71.6 Å². The number of hydrogen-bond acceptors (Lipinski definition) is 4. The minimum Gasteiger partial charge on any atom is -0.492 e. The van der Waals surface area contributed by atoms with Crippen LogP contribution in [-0.4, -0.2) is 20.9 Å². The molecular weight excluding hydrogens is 443 g/mol. The minimum absolute atomic E-state index is 0.0529. The van der Waals surface area contributed by atoms with Crippen molar-refractivity contribution in [3.8, 4) is 5.75 Å². The van der Waals surface area contributed by atoms with Gasteiger partial charge in [0.1, 0.15) is 11.6 Å². The van der Waals surface area contributed by atoms with Crippen LogP contribution in [0.4, 0.5) is 10.1 Å². The molecule has 0 unspecified atom stereocenters. The molecule has 0 saturated carbocycles. The van der Waals surface area contributed by atoms with Gasteiger partial charge < -0.3 is 10.1 Å². The summed E-state index contributed by atoms with van der Waals surface area (Å²) in [6.45, 7) is 2.12. The maximum atomic E-state index is 14.3. The number of nitrogens with one attached hydrogen (secondary N) is 2. The average molecular weight is 463 g/mol. The Bertz CT molecular complexity index is 1200.